The first-order valence-electron chi connectivity index (χ1n) is 10.4. The summed E-state index contributed by atoms with van der Waals surface area (Å²) in [6, 6.07) is 17.7. The van der Waals surface area contributed by atoms with Gasteiger partial charge in [-0.1, -0.05) is 42.5 Å². The summed E-state index contributed by atoms with van der Waals surface area (Å²) in [4.78, 5) is 2.44. The number of ether oxygens (including phenoxy) is 1. The van der Waals surface area contributed by atoms with E-state index >= 15 is 0 Å². The topological polar surface area (TPSA) is 36.3 Å². The maximum Gasteiger partial charge on any atom is 0.119 e. The molecule has 1 fully saturated rings. The standard InChI is InChI=1S/C25H28N2O/c1-2-28-22-11-10-20-9-8-19-6-3-4-7-23(19)25(24(20)18-22)21-12-16-27(17-13-21)15-5-14-26/h3-4,6-11,18,21,25H,2,5,12-13,15-17H2,1H3. The second kappa shape index (κ2) is 8.63. The van der Waals surface area contributed by atoms with Crippen LogP contribution >= 0.6 is 0 Å². The van der Waals surface area contributed by atoms with Gasteiger partial charge in [0.05, 0.1) is 12.7 Å². The Kier molecular flexibility index (Phi) is 5.78. The van der Waals surface area contributed by atoms with E-state index < -0.39 is 0 Å². The molecule has 0 radical (unpaired) electrons. The molecule has 1 aliphatic carbocycles. The van der Waals surface area contributed by atoms with Crippen LogP contribution in [0.5, 0.6) is 5.75 Å². The lowest BCUT2D eigenvalue weighted by Crippen LogP contribution is -2.36. The maximum absolute atomic E-state index is 8.88. The minimum Gasteiger partial charge on any atom is -0.494 e. The molecule has 4 rings (SSSR count). The predicted molar refractivity (Wildman–Crippen MR) is 114 cm³/mol. The van der Waals surface area contributed by atoms with Gasteiger partial charge >= 0.3 is 0 Å². The highest BCUT2D eigenvalue weighted by Gasteiger charge is 2.32. The third-order valence-electron chi connectivity index (χ3n) is 6.12. The lowest BCUT2D eigenvalue weighted by atomic mass is 9.74. The van der Waals surface area contributed by atoms with Crippen LogP contribution in [0.4, 0.5) is 0 Å². The largest absolute Gasteiger partial charge is 0.494 e. The number of fused-ring (bicyclic) bond motifs is 2. The monoisotopic (exact) mass is 372 g/mol. The third-order valence-corrected chi connectivity index (χ3v) is 6.12. The highest BCUT2D eigenvalue weighted by atomic mass is 16.5. The van der Waals surface area contributed by atoms with E-state index in [1.165, 1.54) is 35.1 Å². The first-order valence-corrected chi connectivity index (χ1v) is 10.4. The molecule has 28 heavy (non-hydrogen) atoms. The van der Waals surface area contributed by atoms with Crippen molar-refractivity contribution in [3.8, 4) is 11.8 Å². The molecular formula is C25H28N2O. The Morgan fingerprint density at radius 2 is 1.79 bits per heavy atom. The van der Waals surface area contributed by atoms with Gasteiger partial charge < -0.3 is 9.64 Å². The van der Waals surface area contributed by atoms with Gasteiger partial charge in [0.15, 0.2) is 0 Å². The first kappa shape index (κ1) is 18.8. The van der Waals surface area contributed by atoms with E-state index in [-0.39, 0.29) is 0 Å². The zero-order chi connectivity index (χ0) is 19.3. The van der Waals surface area contributed by atoms with Gasteiger partial charge in [0.25, 0.3) is 0 Å². The number of piperidine rings is 1. The molecule has 1 heterocycles. The number of hydrogen-bond acceptors (Lipinski definition) is 3. The molecule has 0 spiro atoms. The van der Waals surface area contributed by atoms with Crippen LogP contribution in [-0.4, -0.2) is 31.1 Å². The third kappa shape index (κ3) is 3.84. The first-order chi connectivity index (χ1) is 13.8. The van der Waals surface area contributed by atoms with Crippen LogP contribution in [0.3, 0.4) is 0 Å². The summed E-state index contributed by atoms with van der Waals surface area (Å²) in [6.45, 7) is 5.79. The highest BCUT2D eigenvalue weighted by Crippen LogP contribution is 2.44. The average Bonchev–Trinajstić information content (AvgIpc) is 2.89. The minimum atomic E-state index is 0.389. The van der Waals surface area contributed by atoms with E-state index in [4.69, 9.17) is 10.00 Å². The SMILES string of the molecule is CCOc1ccc2c(c1)C(C1CCN(CCC#N)CC1)c1ccccc1C=C2. The van der Waals surface area contributed by atoms with E-state index in [0.29, 0.717) is 24.9 Å². The number of nitrogens with zero attached hydrogens (tertiary/aromatic N) is 2. The second-order valence-corrected chi connectivity index (χ2v) is 7.75. The fourth-order valence-corrected chi connectivity index (χ4v) is 4.75. The van der Waals surface area contributed by atoms with Crippen molar-refractivity contribution in [1.82, 2.24) is 4.90 Å². The van der Waals surface area contributed by atoms with Crippen LogP contribution in [0, 0.1) is 17.2 Å². The predicted octanol–water partition coefficient (Wildman–Crippen LogP) is 5.33. The summed E-state index contributed by atoms with van der Waals surface area (Å²) in [7, 11) is 0. The quantitative estimate of drug-likeness (QED) is 0.712. The molecule has 1 unspecified atom stereocenters. The summed E-state index contributed by atoms with van der Waals surface area (Å²) >= 11 is 0. The molecule has 0 bridgehead atoms. The van der Waals surface area contributed by atoms with Crippen LogP contribution in [0.15, 0.2) is 42.5 Å². The van der Waals surface area contributed by atoms with Gasteiger partial charge in [-0.25, -0.2) is 0 Å². The van der Waals surface area contributed by atoms with Gasteiger partial charge in [0.2, 0.25) is 0 Å². The van der Waals surface area contributed by atoms with Crippen molar-refractivity contribution < 1.29 is 4.74 Å². The molecule has 2 aliphatic rings. The van der Waals surface area contributed by atoms with Gasteiger partial charge in [0, 0.05) is 18.9 Å². The Morgan fingerprint density at radius 1 is 1.04 bits per heavy atom. The average molecular weight is 373 g/mol. The molecule has 0 amide bonds. The van der Waals surface area contributed by atoms with Gasteiger partial charge in [-0.2, -0.15) is 5.26 Å². The molecule has 1 atom stereocenters. The molecule has 3 nitrogen and oxygen atoms in total. The second-order valence-electron chi connectivity index (χ2n) is 7.75. The number of rotatable bonds is 5. The normalized spacial score (nSPS) is 19.4. The molecule has 1 aliphatic heterocycles. The molecule has 2 aromatic carbocycles. The molecule has 2 aromatic rings. The molecule has 144 valence electrons. The fraction of sp³-hybridized carbons (Fsp3) is 0.400. The Hall–Kier alpha value is -2.57. The van der Waals surface area contributed by atoms with Crippen LogP contribution < -0.4 is 4.74 Å². The van der Waals surface area contributed by atoms with Gasteiger partial charge in [-0.15, -0.1) is 0 Å². The molecule has 0 saturated carbocycles. The van der Waals surface area contributed by atoms with Gasteiger partial charge in [-0.3, -0.25) is 0 Å². The molecule has 1 saturated heterocycles. The summed E-state index contributed by atoms with van der Waals surface area (Å²) in [5, 5.41) is 8.88. The Balaban J connectivity index is 1.68. The van der Waals surface area contributed by atoms with E-state index in [1.54, 1.807) is 0 Å². The van der Waals surface area contributed by atoms with Crippen LogP contribution in [0.2, 0.25) is 0 Å². The van der Waals surface area contributed by atoms with E-state index in [1.807, 2.05) is 6.92 Å². The molecule has 0 N–H and O–H groups in total. The van der Waals surface area contributed by atoms with E-state index in [0.717, 1.165) is 25.4 Å². The van der Waals surface area contributed by atoms with Gasteiger partial charge in [-0.05, 0) is 73.2 Å². The van der Waals surface area contributed by atoms with E-state index in [2.05, 4.69) is 65.6 Å². The van der Waals surface area contributed by atoms with Crippen molar-refractivity contribution in [3.05, 3.63) is 64.7 Å². The summed E-state index contributed by atoms with van der Waals surface area (Å²) in [5.74, 6) is 1.96. The smallest absolute Gasteiger partial charge is 0.119 e. The van der Waals surface area contributed by atoms with Crippen LogP contribution in [0.25, 0.3) is 12.2 Å². The zero-order valence-electron chi connectivity index (χ0n) is 16.6. The van der Waals surface area contributed by atoms with Crippen LogP contribution in [-0.2, 0) is 0 Å². The lowest BCUT2D eigenvalue weighted by Gasteiger charge is -2.37. The molecule has 3 heteroatoms. The Labute approximate surface area is 168 Å². The van der Waals surface area contributed by atoms with Gasteiger partial charge in [0.1, 0.15) is 5.75 Å². The lowest BCUT2D eigenvalue weighted by molar-refractivity contribution is 0.178. The summed E-state index contributed by atoms with van der Waals surface area (Å²) < 4.78 is 5.83. The molecular weight excluding hydrogens is 344 g/mol. The number of likely N-dealkylation sites (tertiary alicyclic amines) is 1. The zero-order valence-corrected chi connectivity index (χ0v) is 16.6. The molecule has 0 aromatic heterocycles. The van der Waals surface area contributed by atoms with Crippen molar-refractivity contribution in [2.45, 2.75) is 32.1 Å². The van der Waals surface area contributed by atoms with Crippen LogP contribution in [0.1, 0.15) is 54.4 Å². The summed E-state index contributed by atoms with van der Waals surface area (Å²) in [6.07, 6.45) is 7.48. The minimum absolute atomic E-state index is 0.389. The van der Waals surface area contributed by atoms with Crippen molar-refractivity contribution in [2.24, 2.45) is 5.92 Å². The Bertz CT molecular complexity index is 888. The van der Waals surface area contributed by atoms with E-state index in [9.17, 15) is 0 Å². The number of hydrogen-bond donors (Lipinski definition) is 0. The Morgan fingerprint density at radius 3 is 2.54 bits per heavy atom. The van der Waals surface area contributed by atoms with Crippen molar-refractivity contribution in [3.63, 3.8) is 0 Å². The number of benzene rings is 2. The van der Waals surface area contributed by atoms with Crippen molar-refractivity contribution >= 4 is 12.2 Å². The maximum atomic E-state index is 8.88. The van der Waals surface area contributed by atoms with Crippen molar-refractivity contribution in [1.29, 1.82) is 5.26 Å². The van der Waals surface area contributed by atoms with Crippen molar-refractivity contribution in [2.75, 3.05) is 26.2 Å². The highest BCUT2D eigenvalue weighted by molar-refractivity contribution is 5.77. The number of nitriles is 1. The fourth-order valence-electron chi connectivity index (χ4n) is 4.75. The summed E-state index contributed by atoms with van der Waals surface area (Å²) in [5.41, 5.74) is 5.45.